The molecule has 1 amide bonds. The number of aryl methyl sites for hydroxylation is 1. The number of nitrogen functional groups attached to an aromatic ring is 1. The highest BCUT2D eigenvalue weighted by atomic mass is 16.2. The molecule has 0 atom stereocenters. The zero-order valence-corrected chi connectivity index (χ0v) is 13.8. The second-order valence-electron chi connectivity index (χ2n) is 5.50. The third-order valence-corrected chi connectivity index (χ3v) is 3.67. The van der Waals surface area contributed by atoms with E-state index in [0.29, 0.717) is 11.4 Å². The number of aromatic nitrogens is 2. The maximum absolute atomic E-state index is 12.7. The molecule has 0 aromatic carbocycles. The van der Waals surface area contributed by atoms with Gasteiger partial charge in [-0.15, -0.1) is 0 Å². The van der Waals surface area contributed by atoms with E-state index in [9.17, 15) is 4.79 Å². The van der Waals surface area contributed by atoms with Gasteiger partial charge in [0, 0.05) is 25.8 Å². The summed E-state index contributed by atoms with van der Waals surface area (Å²) in [6.07, 6.45) is 8.44. The molecular formula is C16H30N4O. The average Bonchev–Trinajstić information content (AvgIpc) is 2.86. The molecule has 0 radical (unpaired) electrons. The van der Waals surface area contributed by atoms with Gasteiger partial charge < -0.3 is 10.6 Å². The molecular weight excluding hydrogens is 264 g/mol. The monoisotopic (exact) mass is 294 g/mol. The molecule has 0 saturated carbocycles. The molecule has 0 saturated heterocycles. The molecule has 0 aliphatic rings. The van der Waals surface area contributed by atoms with E-state index in [4.69, 9.17) is 5.73 Å². The Hall–Kier alpha value is -1.52. The van der Waals surface area contributed by atoms with Crippen molar-refractivity contribution in [3.05, 3.63) is 11.9 Å². The third kappa shape index (κ3) is 5.40. The molecule has 2 N–H and O–H groups in total. The van der Waals surface area contributed by atoms with Gasteiger partial charge in [0.2, 0.25) is 0 Å². The van der Waals surface area contributed by atoms with Crippen LogP contribution >= 0.6 is 0 Å². The Bertz CT molecular complexity index is 418. The van der Waals surface area contributed by atoms with Crippen LogP contribution in [0.1, 0.15) is 69.8 Å². The van der Waals surface area contributed by atoms with E-state index in [2.05, 4.69) is 18.9 Å². The van der Waals surface area contributed by atoms with Crippen molar-refractivity contribution in [1.29, 1.82) is 0 Å². The molecule has 1 aromatic rings. The number of hydrogen-bond acceptors (Lipinski definition) is 3. The summed E-state index contributed by atoms with van der Waals surface area (Å²) in [5.41, 5.74) is 6.83. The van der Waals surface area contributed by atoms with Gasteiger partial charge >= 0.3 is 0 Å². The maximum Gasteiger partial charge on any atom is 0.276 e. The summed E-state index contributed by atoms with van der Waals surface area (Å²) >= 11 is 0. The van der Waals surface area contributed by atoms with Gasteiger partial charge in [-0.05, 0) is 19.8 Å². The van der Waals surface area contributed by atoms with E-state index in [1.807, 2.05) is 11.8 Å². The zero-order valence-electron chi connectivity index (χ0n) is 13.8. The van der Waals surface area contributed by atoms with Gasteiger partial charge in [-0.3, -0.25) is 9.48 Å². The van der Waals surface area contributed by atoms with Crippen LogP contribution in [0.3, 0.4) is 0 Å². The van der Waals surface area contributed by atoms with Gasteiger partial charge in [0.05, 0.1) is 5.69 Å². The lowest BCUT2D eigenvalue weighted by Crippen LogP contribution is -2.33. The van der Waals surface area contributed by atoms with Crippen molar-refractivity contribution in [2.45, 2.75) is 65.8 Å². The first kappa shape index (κ1) is 17.5. The molecule has 21 heavy (non-hydrogen) atoms. The first-order chi connectivity index (χ1) is 10.1. The van der Waals surface area contributed by atoms with Crippen LogP contribution < -0.4 is 5.73 Å². The largest absolute Gasteiger partial charge is 0.396 e. The minimum Gasteiger partial charge on any atom is -0.396 e. The lowest BCUT2D eigenvalue weighted by molar-refractivity contribution is 0.0743. The molecule has 1 rings (SSSR count). The Balaban J connectivity index is 2.73. The molecule has 1 aromatic heterocycles. The maximum atomic E-state index is 12.7. The number of rotatable bonds is 10. The number of hydrogen-bond donors (Lipinski definition) is 1. The molecule has 0 aliphatic carbocycles. The Morgan fingerprint density at radius 2 is 1.71 bits per heavy atom. The van der Waals surface area contributed by atoms with Crippen LogP contribution in [0.2, 0.25) is 0 Å². The number of amides is 1. The summed E-state index contributed by atoms with van der Waals surface area (Å²) in [6.45, 7) is 8.65. The number of nitrogens with zero attached hydrogens (tertiary/aromatic N) is 3. The number of nitrogens with two attached hydrogens (primary N) is 1. The fourth-order valence-electron chi connectivity index (χ4n) is 2.33. The molecule has 0 unspecified atom stereocenters. The van der Waals surface area contributed by atoms with Crippen LogP contribution in [0.15, 0.2) is 6.20 Å². The lowest BCUT2D eigenvalue weighted by atomic mass is 10.2. The Morgan fingerprint density at radius 3 is 2.14 bits per heavy atom. The summed E-state index contributed by atoms with van der Waals surface area (Å²) in [5, 5.41) is 4.31. The van der Waals surface area contributed by atoms with Gasteiger partial charge in [-0.2, -0.15) is 5.10 Å². The number of unbranched alkanes of at least 4 members (excludes halogenated alkanes) is 4. The van der Waals surface area contributed by atoms with E-state index >= 15 is 0 Å². The molecule has 1 heterocycles. The first-order valence-electron chi connectivity index (χ1n) is 8.26. The van der Waals surface area contributed by atoms with Gasteiger partial charge in [0.1, 0.15) is 0 Å². The zero-order chi connectivity index (χ0) is 15.7. The summed E-state index contributed by atoms with van der Waals surface area (Å²) in [5.74, 6) is -0.0214. The molecule has 5 heteroatoms. The smallest absolute Gasteiger partial charge is 0.276 e. The molecule has 5 nitrogen and oxygen atoms in total. The van der Waals surface area contributed by atoms with E-state index in [1.54, 1.807) is 10.9 Å². The number of carbonyl (C=O) groups is 1. The van der Waals surface area contributed by atoms with Crippen LogP contribution in [-0.2, 0) is 6.54 Å². The fraction of sp³-hybridized carbons (Fsp3) is 0.750. The van der Waals surface area contributed by atoms with Crippen molar-refractivity contribution in [1.82, 2.24) is 14.7 Å². The van der Waals surface area contributed by atoms with E-state index in [0.717, 1.165) is 58.2 Å². The second kappa shape index (κ2) is 9.42. The van der Waals surface area contributed by atoms with Crippen molar-refractivity contribution in [3.63, 3.8) is 0 Å². The van der Waals surface area contributed by atoms with E-state index < -0.39 is 0 Å². The SMILES string of the molecule is CCCCCN(CCCCC)C(=O)c1nn(CC)cc1N. The Morgan fingerprint density at radius 1 is 1.14 bits per heavy atom. The Labute approximate surface area is 128 Å². The average molecular weight is 294 g/mol. The molecule has 0 fully saturated rings. The summed E-state index contributed by atoms with van der Waals surface area (Å²) in [6, 6.07) is 0. The van der Waals surface area contributed by atoms with Crippen LogP contribution in [-0.4, -0.2) is 33.7 Å². The quantitative estimate of drug-likeness (QED) is 0.673. The predicted molar refractivity (Wildman–Crippen MR) is 87.3 cm³/mol. The van der Waals surface area contributed by atoms with Gasteiger partial charge in [-0.25, -0.2) is 0 Å². The van der Waals surface area contributed by atoms with Crippen LogP contribution in [0.4, 0.5) is 5.69 Å². The van der Waals surface area contributed by atoms with E-state index in [1.165, 1.54) is 0 Å². The predicted octanol–water partition coefficient (Wildman–Crippen LogP) is 3.31. The van der Waals surface area contributed by atoms with Crippen LogP contribution in [0.5, 0.6) is 0 Å². The fourth-order valence-corrected chi connectivity index (χ4v) is 2.33. The van der Waals surface area contributed by atoms with Crippen molar-refractivity contribution in [2.75, 3.05) is 18.8 Å². The highest BCUT2D eigenvalue weighted by molar-refractivity contribution is 5.97. The molecule has 0 spiro atoms. The third-order valence-electron chi connectivity index (χ3n) is 3.67. The number of anilines is 1. The topological polar surface area (TPSA) is 64.2 Å². The molecule has 120 valence electrons. The molecule has 0 bridgehead atoms. The lowest BCUT2D eigenvalue weighted by Gasteiger charge is -2.22. The highest BCUT2D eigenvalue weighted by Gasteiger charge is 2.20. The van der Waals surface area contributed by atoms with Gasteiger partial charge in [0.15, 0.2) is 5.69 Å². The minimum absolute atomic E-state index is 0.0214. The summed E-state index contributed by atoms with van der Waals surface area (Å²) < 4.78 is 1.72. The van der Waals surface area contributed by atoms with Crippen molar-refractivity contribution in [2.24, 2.45) is 0 Å². The normalized spacial score (nSPS) is 10.8. The van der Waals surface area contributed by atoms with Crippen LogP contribution in [0, 0.1) is 0 Å². The standard InChI is InChI=1S/C16H30N4O/c1-4-7-9-11-19(12-10-8-5-2)16(21)15-14(17)13-20(6-3)18-15/h13H,4-12,17H2,1-3H3. The second-order valence-corrected chi connectivity index (χ2v) is 5.50. The number of carbonyl (C=O) groups excluding carboxylic acids is 1. The van der Waals surface area contributed by atoms with Crippen molar-refractivity contribution >= 4 is 11.6 Å². The summed E-state index contributed by atoms with van der Waals surface area (Å²) in [7, 11) is 0. The minimum atomic E-state index is -0.0214. The Kier molecular flexibility index (Phi) is 7.87. The van der Waals surface area contributed by atoms with Gasteiger partial charge in [0.25, 0.3) is 5.91 Å². The first-order valence-corrected chi connectivity index (χ1v) is 8.26. The van der Waals surface area contributed by atoms with Crippen molar-refractivity contribution < 1.29 is 4.79 Å². The van der Waals surface area contributed by atoms with Gasteiger partial charge in [-0.1, -0.05) is 39.5 Å². The highest BCUT2D eigenvalue weighted by Crippen LogP contribution is 2.14. The van der Waals surface area contributed by atoms with Crippen molar-refractivity contribution in [3.8, 4) is 0 Å². The molecule has 0 aliphatic heterocycles. The van der Waals surface area contributed by atoms with Crippen LogP contribution in [0.25, 0.3) is 0 Å². The summed E-state index contributed by atoms with van der Waals surface area (Å²) in [4.78, 5) is 14.6. The van der Waals surface area contributed by atoms with E-state index in [-0.39, 0.29) is 5.91 Å².